The molecular weight excluding hydrogens is 124 g/mol. The summed E-state index contributed by atoms with van der Waals surface area (Å²) in [6, 6.07) is 0. The molecule has 0 aromatic carbocycles. The van der Waals surface area contributed by atoms with E-state index in [2.05, 4.69) is 31.3 Å². The van der Waals surface area contributed by atoms with E-state index in [1.54, 1.807) is 0 Å². The Bertz CT molecular complexity index is 108. The first-order valence-electron chi connectivity index (χ1n) is 4.21. The van der Waals surface area contributed by atoms with Crippen molar-refractivity contribution in [3.8, 4) is 0 Å². The van der Waals surface area contributed by atoms with Crippen molar-refractivity contribution in [3.05, 3.63) is 0 Å². The number of hydrogen-bond acceptors (Lipinski definition) is 2. The van der Waals surface area contributed by atoms with Crippen LogP contribution in [-0.2, 0) is 0 Å². The minimum Gasteiger partial charge on any atom is -0.249 e. The molecule has 0 radical (unpaired) electrons. The molecule has 1 saturated heterocycles. The van der Waals surface area contributed by atoms with Gasteiger partial charge in [0.1, 0.15) is 0 Å². The van der Waals surface area contributed by atoms with Crippen molar-refractivity contribution in [2.45, 2.75) is 38.6 Å². The van der Waals surface area contributed by atoms with Gasteiger partial charge in [-0.15, -0.1) is 0 Å². The Morgan fingerprint density at radius 2 is 2.00 bits per heavy atom. The summed E-state index contributed by atoms with van der Waals surface area (Å²) in [5.41, 5.74) is 3.93. The molecule has 60 valence electrons. The lowest BCUT2D eigenvalue weighted by Crippen LogP contribution is -2.43. The summed E-state index contributed by atoms with van der Waals surface area (Å²) < 4.78 is 0. The molecule has 1 heterocycles. The molecule has 1 fully saturated rings. The van der Waals surface area contributed by atoms with Crippen LogP contribution in [0.5, 0.6) is 0 Å². The van der Waals surface area contributed by atoms with Gasteiger partial charge in [0.05, 0.1) is 0 Å². The number of nitrogens with one attached hydrogen (secondary N) is 1. The fraction of sp³-hybridized carbons (Fsp3) is 1.00. The summed E-state index contributed by atoms with van der Waals surface area (Å²) in [6.45, 7) is 5.72. The zero-order valence-electron chi connectivity index (χ0n) is 7.28. The van der Waals surface area contributed by atoms with Crippen molar-refractivity contribution < 1.29 is 0 Å². The second-order valence-electron chi connectivity index (χ2n) is 3.27. The summed E-state index contributed by atoms with van der Waals surface area (Å²) in [5.74, 6) is 0. The molecular formula is C8H18N2. The Labute approximate surface area is 63.6 Å². The van der Waals surface area contributed by atoms with Gasteiger partial charge in [-0.3, -0.25) is 0 Å². The van der Waals surface area contributed by atoms with Gasteiger partial charge < -0.3 is 0 Å². The summed E-state index contributed by atoms with van der Waals surface area (Å²) in [5, 5.41) is 2.20. The summed E-state index contributed by atoms with van der Waals surface area (Å²) >= 11 is 0. The Hall–Kier alpha value is -0.0800. The second kappa shape index (κ2) is 2.89. The van der Waals surface area contributed by atoms with Crippen LogP contribution in [0.1, 0.15) is 33.1 Å². The second-order valence-corrected chi connectivity index (χ2v) is 3.27. The normalized spacial score (nSPS) is 25.5. The lowest BCUT2D eigenvalue weighted by molar-refractivity contribution is 0.220. The number of nitrogens with zero attached hydrogens (tertiary/aromatic N) is 1. The van der Waals surface area contributed by atoms with Crippen LogP contribution >= 0.6 is 0 Å². The van der Waals surface area contributed by atoms with E-state index >= 15 is 0 Å². The average Bonchev–Trinajstić information content (AvgIpc) is 2.33. The van der Waals surface area contributed by atoms with Gasteiger partial charge in [-0.2, -0.15) is 0 Å². The van der Waals surface area contributed by atoms with Crippen molar-refractivity contribution in [1.82, 2.24) is 10.4 Å². The minimum absolute atomic E-state index is 0.425. The van der Waals surface area contributed by atoms with Crippen molar-refractivity contribution in [2.24, 2.45) is 0 Å². The predicted molar refractivity (Wildman–Crippen MR) is 43.7 cm³/mol. The standard InChI is InChI=1S/C8H18N2/c1-4-8(5-2)6-7-10(3)9-8/h9H,4-7H2,1-3H3. The highest BCUT2D eigenvalue weighted by molar-refractivity contribution is 4.89. The highest BCUT2D eigenvalue weighted by Gasteiger charge is 2.32. The molecule has 2 heteroatoms. The number of rotatable bonds is 2. The third kappa shape index (κ3) is 1.32. The van der Waals surface area contributed by atoms with Gasteiger partial charge in [-0.05, 0) is 19.3 Å². The Balaban J connectivity index is 2.51. The van der Waals surface area contributed by atoms with E-state index in [9.17, 15) is 0 Å². The van der Waals surface area contributed by atoms with E-state index < -0.39 is 0 Å². The van der Waals surface area contributed by atoms with Gasteiger partial charge >= 0.3 is 0 Å². The maximum absolute atomic E-state index is 3.50. The molecule has 1 aliphatic rings. The maximum atomic E-state index is 3.50. The lowest BCUT2D eigenvalue weighted by atomic mass is 9.92. The summed E-state index contributed by atoms with van der Waals surface area (Å²) in [7, 11) is 2.12. The Kier molecular flexibility index (Phi) is 2.32. The molecule has 0 bridgehead atoms. The van der Waals surface area contributed by atoms with Gasteiger partial charge in [0.15, 0.2) is 0 Å². The van der Waals surface area contributed by atoms with Gasteiger partial charge in [0.25, 0.3) is 0 Å². The van der Waals surface area contributed by atoms with Crippen LogP contribution in [0.15, 0.2) is 0 Å². The van der Waals surface area contributed by atoms with Gasteiger partial charge in [0.2, 0.25) is 0 Å². The number of hydrazine groups is 1. The van der Waals surface area contributed by atoms with E-state index in [0.29, 0.717) is 5.54 Å². The SMILES string of the molecule is CCC1(CC)CCN(C)N1. The summed E-state index contributed by atoms with van der Waals surface area (Å²) in [4.78, 5) is 0. The van der Waals surface area contributed by atoms with Gasteiger partial charge in [-0.1, -0.05) is 13.8 Å². The maximum Gasteiger partial charge on any atom is 0.0333 e. The van der Waals surface area contributed by atoms with E-state index in [1.807, 2.05) is 0 Å². The fourth-order valence-electron chi connectivity index (χ4n) is 1.66. The van der Waals surface area contributed by atoms with Crippen molar-refractivity contribution in [2.75, 3.05) is 13.6 Å². The Morgan fingerprint density at radius 1 is 1.40 bits per heavy atom. The molecule has 0 aromatic rings. The van der Waals surface area contributed by atoms with Gasteiger partial charge in [-0.25, -0.2) is 10.4 Å². The van der Waals surface area contributed by atoms with Crippen LogP contribution in [-0.4, -0.2) is 24.1 Å². The highest BCUT2D eigenvalue weighted by atomic mass is 15.5. The van der Waals surface area contributed by atoms with Crippen molar-refractivity contribution in [3.63, 3.8) is 0 Å². The van der Waals surface area contributed by atoms with Crippen molar-refractivity contribution >= 4 is 0 Å². The van der Waals surface area contributed by atoms with Crippen LogP contribution in [0.25, 0.3) is 0 Å². The van der Waals surface area contributed by atoms with E-state index in [4.69, 9.17) is 0 Å². The molecule has 0 saturated carbocycles. The van der Waals surface area contributed by atoms with Crippen LogP contribution < -0.4 is 5.43 Å². The quantitative estimate of drug-likeness (QED) is 0.626. The number of hydrogen-bond donors (Lipinski definition) is 1. The predicted octanol–water partition coefficient (Wildman–Crippen LogP) is 1.39. The molecule has 0 amide bonds. The first-order chi connectivity index (χ1) is 4.72. The third-order valence-corrected chi connectivity index (χ3v) is 2.71. The first-order valence-corrected chi connectivity index (χ1v) is 4.21. The highest BCUT2D eigenvalue weighted by Crippen LogP contribution is 2.24. The van der Waals surface area contributed by atoms with Crippen LogP contribution in [0.2, 0.25) is 0 Å². The molecule has 0 atom stereocenters. The van der Waals surface area contributed by atoms with Crippen LogP contribution in [0, 0.1) is 0 Å². The zero-order chi connectivity index (χ0) is 7.61. The van der Waals surface area contributed by atoms with E-state index in [-0.39, 0.29) is 0 Å². The molecule has 0 unspecified atom stereocenters. The monoisotopic (exact) mass is 142 g/mol. The molecule has 10 heavy (non-hydrogen) atoms. The first kappa shape index (κ1) is 8.02. The molecule has 2 nitrogen and oxygen atoms in total. The van der Waals surface area contributed by atoms with E-state index in [1.165, 1.54) is 25.8 Å². The fourth-order valence-corrected chi connectivity index (χ4v) is 1.66. The molecule has 0 spiro atoms. The smallest absolute Gasteiger partial charge is 0.0333 e. The minimum atomic E-state index is 0.425. The van der Waals surface area contributed by atoms with Crippen LogP contribution in [0.4, 0.5) is 0 Å². The molecule has 1 rings (SSSR count). The molecule has 0 aromatic heterocycles. The lowest BCUT2D eigenvalue weighted by Gasteiger charge is -2.26. The molecule has 0 aliphatic carbocycles. The Morgan fingerprint density at radius 3 is 2.20 bits per heavy atom. The average molecular weight is 142 g/mol. The zero-order valence-corrected chi connectivity index (χ0v) is 7.28. The van der Waals surface area contributed by atoms with E-state index in [0.717, 1.165) is 0 Å². The van der Waals surface area contributed by atoms with Gasteiger partial charge in [0, 0.05) is 19.1 Å². The van der Waals surface area contributed by atoms with Crippen molar-refractivity contribution in [1.29, 1.82) is 0 Å². The molecule has 1 aliphatic heterocycles. The molecule has 1 N–H and O–H groups in total. The van der Waals surface area contributed by atoms with Crippen LogP contribution in [0.3, 0.4) is 0 Å². The third-order valence-electron chi connectivity index (χ3n) is 2.71. The summed E-state index contributed by atoms with van der Waals surface area (Å²) in [6.07, 6.45) is 3.79. The largest absolute Gasteiger partial charge is 0.249 e. The topological polar surface area (TPSA) is 15.3 Å².